The molecular weight excluding hydrogens is 326 g/mol. The molecule has 0 aromatic carbocycles. The van der Waals surface area contributed by atoms with Gasteiger partial charge >= 0.3 is 0 Å². The van der Waals surface area contributed by atoms with E-state index in [1.165, 1.54) is 44.9 Å². The second kappa shape index (κ2) is 7.16. The predicted octanol–water partition coefficient (Wildman–Crippen LogP) is 3.95. The molecule has 2 heterocycles. The summed E-state index contributed by atoms with van der Waals surface area (Å²) < 4.78 is 0. The minimum Gasteiger partial charge on any atom is -0.338 e. The maximum atomic E-state index is 13.2. The van der Waals surface area contributed by atoms with Crippen molar-refractivity contribution in [3.8, 4) is 0 Å². The fourth-order valence-corrected chi connectivity index (χ4v) is 4.62. The van der Waals surface area contributed by atoms with Crippen LogP contribution in [0.3, 0.4) is 0 Å². The van der Waals surface area contributed by atoms with E-state index in [0.717, 1.165) is 19.5 Å². The average Bonchev–Trinajstić information content (AvgIpc) is 2.78. The smallest absolute Gasteiger partial charge is 0.264 e. The Kier molecular flexibility index (Phi) is 5.27. The molecule has 1 N–H and O–H groups in total. The van der Waals surface area contributed by atoms with E-state index in [2.05, 4.69) is 9.97 Å². The molecule has 2 aliphatic rings. The van der Waals surface area contributed by atoms with Crippen molar-refractivity contribution in [1.82, 2.24) is 14.9 Å². The summed E-state index contributed by atoms with van der Waals surface area (Å²) in [5.74, 6) is 0.496. The number of amides is 1. The zero-order valence-corrected chi connectivity index (χ0v) is 16.8. The number of carbonyl (C=O) groups excluding carboxylic acids is 1. The van der Waals surface area contributed by atoms with Crippen molar-refractivity contribution >= 4 is 5.91 Å². The van der Waals surface area contributed by atoms with Gasteiger partial charge in [0.05, 0.1) is 5.69 Å². The van der Waals surface area contributed by atoms with Gasteiger partial charge in [-0.15, -0.1) is 0 Å². The van der Waals surface area contributed by atoms with Gasteiger partial charge in [0.2, 0.25) is 0 Å². The van der Waals surface area contributed by atoms with Gasteiger partial charge in [-0.2, -0.15) is 0 Å². The van der Waals surface area contributed by atoms with Crippen molar-refractivity contribution in [3.63, 3.8) is 0 Å². The SMILES string of the molecule is Cc1nc(C(C)(C)C)[nH]c(=O)c1C(=O)N1CCCC2(CCCCCC2)C1. The zero-order chi connectivity index (χ0) is 18.9. The molecular formula is C21H33N3O2. The monoisotopic (exact) mass is 359 g/mol. The third-order valence-corrected chi connectivity index (χ3v) is 6.14. The summed E-state index contributed by atoms with van der Waals surface area (Å²) in [6.45, 7) is 9.35. The number of aromatic nitrogens is 2. The maximum Gasteiger partial charge on any atom is 0.264 e. The quantitative estimate of drug-likeness (QED) is 0.825. The summed E-state index contributed by atoms with van der Waals surface area (Å²) in [6, 6.07) is 0. The van der Waals surface area contributed by atoms with Crippen LogP contribution < -0.4 is 5.56 Å². The van der Waals surface area contributed by atoms with Crippen LogP contribution in [0.1, 0.15) is 94.0 Å². The van der Waals surface area contributed by atoms with Gasteiger partial charge in [0, 0.05) is 18.5 Å². The van der Waals surface area contributed by atoms with E-state index in [1.807, 2.05) is 25.7 Å². The topological polar surface area (TPSA) is 66.1 Å². The van der Waals surface area contributed by atoms with E-state index in [9.17, 15) is 9.59 Å². The third kappa shape index (κ3) is 3.86. The van der Waals surface area contributed by atoms with Crippen LogP contribution >= 0.6 is 0 Å². The Morgan fingerprint density at radius 3 is 2.27 bits per heavy atom. The number of hydrogen-bond donors (Lipinski definition) is 1. The molecule has 1 aromatic rings. The third-order valence-electron chi connectivity index (χ3n) is 6.14. The van der Waals surface area contributed by atoms with Crippen LogP contribution in [-0.4, -0.2) is 33.9 Å². The number of rotatable bonds is 1. The molecule has 1 amide bonds. The Balaban J connectivity index is 1.86. The first kappa shape index (κ1) is 19.1. The molecule has 0 bridgehead atoms. The average molecular weight is 360 g/mol. The summed E-state index contributed by atoms with van der Waals surface area (Å²) in [6.07, 6.45) is 9.84. The number of hydrogen-bond acceptors (Lipinski definition) is 3. The van der Waals surface area contributed by atoms with Crippen molar-refractivity contribution in [3.05, 3.63) is 27.4 Å². The normalized spacial score (nSPS) is 20.8. The van der Waals surface area contributed by atoms with Gasteiger partial charge in [0.25, 0.3) is 11.5 Å². The van der Waals surface area contributed by atoms with Gasteiger partial charge in [0.1, 0.15) is 11.4 Å². The number of carbonyl (C=O) groups is 1. The lowest BCUT2D eigenvalue weighted by Crippen LogP contribution is -2.47. The summed E-state index contributed by atoms with van der Waals surface area (Å²) in [5.41, 5.74) is 0.492. The highest BCUT2D eigenvalue weighted by atomic mass is 16.2. The molecule has 3 rings (SSSR count). The molecule has 1 saturated heterocycles. The van der Waals surface area contributed by atoms with Crippen LogP contribution in [0.25, 0.3) is 0 Å². The molecule has 0 radical (unpaired) electrons. The molecule has 5 nitrogen and oxygen atoms in total. The lowest BCUT2D eigenvalue weighted by atomic mass is 9.74. The first-order valence-corrected chi connectivity index (χ1v) is 10.1. The second-order valence-corrected chi connectivity index (χ2v) is 9.37. The van der Waals surface area contributed by atoms with Crippen molar-refractivity contribution < 1.29 is 4.79 Å². The second-order valence-electron chi connectivity index (χ2n) is 9.37. The van der Waals surface area contributed by atoms with E-state index in [-0.39, 0.29) is 27.9 Å². The zero-order valence-electron chi connectivity index (χ0n) is 16.8. The van der Waals surface area contributed by atoms with Gasteiger partial charge in [-0.25, -0.2) is 4.98 Å². The van der Waals surface area contributed by atoms with E-state index in [0.29, 0.717) is 11.5 Å². The van der Waals surface area contributed by atoms with Crippen molar-refractivity contribution in [1.29, 1.82) is 0 Å². The van der Waals surface area contributed by atoms with E-state index < -0.39 is 0 Å². The highest BCUT2D eigenvalue weighted by molar-refractivity contribution is 5.95. The highest BCUT2D eigenvalue weighted by Crippen LogP contribution is 2.42. The number of aromatic amines is 1. The minimum absolute atomic E-state index is 0.139. The molecule has 144 valence electrons. The number of nitrogens with one attached hydrogen (secondary N) is 1. The van der Waals surface area contributed by atoms with Crippen LogP contribution in [-0.2, 0) is 5.41 Å². The standard InChI is InChI=1S/C21H33N3O2/c1-15-16(17(25)23-19(22-15)20(2,3)4)18(26)24-13-9-12-21(14-24)10-7-5-6-8-11-21/h5-14H2,1-4H3,(H,22,23,25). The molecule has 1 aliphatic carbocycles. The first-order valence-electron chi connectivity index (χ1n) is 10.1. The number of nitrogens with zero attached hydrogens (tertiary/aromatic N) is 2. The van der Waals surface area contributed by atoms with Crippen LogP contribution in [0.5, 0.6) is 0 Å². The number of likely N-dealkylation sites (tertiary alicyclic amines) is 1. The van der Waals surface area contributed by atoms with Gasteiger partial charge in [-0.1, -0.05) is 46.5 Å². The van der Waals surface area contributed by atoms with Gasteiger partial charge < -0.3 is 9.88 Å². The molecule has 1 spiro atoms. The summed E-state index contributed by atoms with van der Waals surface area (Å²) in [7, 11) is 0. The fraction of sp³-hybridized carbons (Fsp3) is 0.762. The molecule has 0 unspecified atom stereocenters. The molecule has 26 heavy (non-hydrogen) atoms. The van der Waals surface area contributed by atoms with E-state index in [4.69, 9.17) is 0 Å². The molecule has 1 aromatic heterocycles. The number of aryl methyl sites for hydroxylation is 1. The van der Waals surface area contributed by atoms with E-state index in [1.54, 1.807) is 6.92 Å². The number of piperidine rings is 1. The summed E-state index contributed by atoms with van der Waals surface area (Å²) in [4.78, 5) is 35.2. The lowest BCUT2D eigenvalue weighted by Gasteiger charge is -2.42. The van der Waals surface area contributed by atoms with Gasteiger partial charge in [0.15, 0.2) is 0 Å². The fourth-order valence-electron chi connectivity index (χ4n) is 4.62. The van der Waals surface area contributed by atoms with Gasteiger partial charge in [-0.3, -0.25) is 9.59 Å². The molecule has 5 heteroatoms. The first-order chi connectivity index (χ1) is 12.2. The predicted molar refractivity (Wildman–Crippen MR) is 104 cm³/mol. The Morgan fingerprint density at radius 2 is 1.69 bits per heavy atom. The molecule has 2 fully saturated rings. The van der Waals surface area contributed by atoms with Crippen molar-refractivity contribution in [2.75, 3.05) is 13.1 Å². The lowest BCUT2D eigenvalue weighted by molar-refractivity contribution is 0.0462. The number of H-pyrrole nitrogens is 1. The Bertz CT molecular complexity index is 722. The van der Waals surface area contributed by atoms with Gasteiger partial charge in [-0.05, 0) is 38.0 Å². The van der Waals surface area contributed by atoms with Crippen molar-refractivity contribution in [2.24, 2.45) is 5.41 Å². The van der Waals surface area contributed by atoms with Crippen molar-refractivity contribution in [2.45, 2.75) is 84.5 Å². The molecule has 1 aliphatic heterocycles. The Labute approximate surface area is 156 Å². The Hall–Kier alpha value is -1.65. The largest absolute Gasteiger partial charge is 0.338 e. The van der Waals surface area contributed by atoms with Crippen LogP contribution in [0.2, 0.25) is 0 Å². The summed E-state index contributed by atoms with van der Waals surface area (Å²) in [5, 5.41) is 0. The van der Waals surface area contributed by atoms with Crippen LogP contribution in [0.15, 0.2) is 4.79 Å². The molecule has 1 saturated carbocycles. The van der Waals surface area contributed by atoms with Crippen LogP contribution in [0.4, 0.5) is 0 Å². The van der Waals surface area contributed by atoms with E-state index >= 15 is 0 Å². The Morgan fingerprint density at radius 1 is 1.08 bits per heavy atom. The van der Waals surface area contributed by atoms with Crippen LogP contribution in [0, 0.1) is 12.3 Å². The highest BCUT2D eigenvalue weighted by Gasteiger charge is 2.38. The minimum atomic E-state index is -0.298. The summed E-state index contributed by atoms with van der Waals surface area (Å²) >= 11 is 0. The maximum absolute atomic E-state index is 13.2. The molecule has 0 atom stereocenters.